The second kappa shape index (κ2) is 5.28. The lowest BCUT2D eigenvalue weighted by molar-refractivity contribution is -0.133. The zero-order valence-electron chi connectivity index (χ0n) is 10.8. The number of carbonyl (C=O) groups is 1. The molecule has 1 saturated heterocycles. The summed E-state index contributed by atoms with van der Waals surface area (Å²) in [5.74, 6) is 0.481. The Morgan fingerprint density at radius 3 is 2.56 bits per heavy atom. The third-order valence-electron chi connectivity index (χ3n) is 3.12. The highest BCUT2D eigenvalue weighted by Gasteiger charge is 2.38. The lowest BCUT2D eigenvalue weighted by atomic mass is 9.89. The summed E-state index contributed by atoms with van der Waals surface area (Å²) in [6.07, 6.45) is 2.60. The van der Waals surface area contributed by atoms with Crippen molar-refractivity contribution in [1.29, 1.82) is 0 Å². The van der Waals surface area contributed by atoms with Crippen LogP contribution in [0.1, 0.15) is 53.4 Å². The summed E-state index contributed by atoms with van der Waals surface area (Å²) in [6, 6.07) is 0. The molecule has 1 aliphatic heterocycles. The predicted molar refractivity (Wildman–Crippen MR) is 63.3 cm³/mol. The van der Waals surface area contributed by atoms with Crippen LogP contribution in [0.4, 0.5) is 0 Å². The molecule has 0 bridgehead atoms. The van der Waals surface area contributed by atoms with E-state index in [9.17, 15) is 9.90 Å². The minimum absolute atomic E-state index is 0.128. The average Bonchev–Trinajstić information content (AvgIpc) is 2.49. The average molecular weight is 228 g/mol. The molecule has 0 aromatic rings. The predicted octanol–water partition coefficient (Wildman–Crippen LogP) is 2.31. The summed E-state index contributed by atoms with van der Waals surface area (Å²) in [7, 11) is 0. The van der Waals surface area contributed by atoms with Gasteiger partial charge in [-0.3, -0.25) is 4.79 Å². The van der Waals surface area contributed by atoms with Crippen molar-refractivity contribution in [1.82, 2.24) is 0 Å². The van der Waals surface area contributed by atoms with Gasteiger partial charge < -0.3 is 9.84 Å². The molecule has 1 rings (SSSR count). The summed E-state index contributed by atoms with van der Waals surface area (Å²) in [5, 5.41) is 10.3. The van der Waals surface area contributed by atoms with Gasteiger partial charge in [0, 0.05) is 12.8 Å². The Kier molecular flexibility index (Phi) is 4.51. The van der Waals surface area contributed by atoms with E-state index in [0.717, 1.165) is 12.8 Å². The first-order chi connectivity index (χ1) is 7.31. The van der Waals surface area contributed by atoms with Crippen LogP contribution >= 0.6 is 0 Å². The van der Waals surface area contributed by atoms with Crippen molar-refractivity contribution in [2.75, 3.05) is 0 Å². The molecule has 0 aromatic heterocycles. The second-order valence-electron chi connectivity index (χ2n) is 5.68. The van der Waals surface area contributed by atoms with Gasteiger partial charge in [-0.25, -0.2) is 0 Å². The van der Waals surface area contributed by atoms with Gasteiger partial charge in [0.15, 0.2) is 0 Å². The van der Waals surface area contributed by atoms with Crippen molar-refractivity contribution in [3.05, 3.63) is 0 Å². The number of Topliss-reactive ketones (excluding diaryl/α,β-unsaturated/α-hetero) is 1. The van der Waals surface area contributed by atoms with Crippen LogP contribution in [0.3, 0.4) is 0 Å². The van der Waals surface area contributed by atoms with E-state index < -0.39 is 5.60 Å². The molecular formula is C13H24O3. The van der Waals surface area contributed by atoms with Crippen molar-refractivity contribution in [3.8, 4) is 0 Å². The van der Waals surface area contributed by atoms with Gasteiger partial charge in [-0.15, -0.1) is 0 Å². The van der Waals surface area contributed by atoms with Gasteiger partial charge in [-0.05, 0) is 32.6 Å². The number of aliphatic hydroxyl groups is 1. The molecule has 94 valence electrons. The van der Waals surface area contributed by atoms with E-state index in [1.54, 1.807) is 6.92 Å². The quantitative estimate of drug-likeness (QED) is 0.785. The van der Waals surface area contributed by atoms with Crippen LogP contribution in [0.2, 0.25) is 0 Å². The Morgan fingerprint density at radius 1 is 1.50 bits per heavy atom. The molecule has 0 spiro atoms. The highest BCUT2D eigenvalue weighted by atomic mass is 16.5. The monoisotopic (exact) mass is 228 g/mol. The topological polar surface area (TPSA) is 46.5 Å². The fourth-order valence-electron chi connectivity index (χ4n) is 2.30. The van der Waals surface area contributed by atoms with Crippen molar-refractivity contribution >= 4 is 5.78 Å². The molecule has 1 fully saturated rings. The van der Waals surface area contributed by atoms with Crippen molar-refractivity contribution in [2.24, 2.45) is 5.92 Å². The second-order valence-corrected chi connectivity index (χ2v) is 5.68. The van der Waals surface area contributed by atoms with Gasteiger partial charge in [0.2, 0.25) is 0 Å². The third-order valence-corrected chi connectivity index (χ3v) is 3.12. The first-order valence-electron chi connectivity index (χ1n) is 6.21. The Hall–Kier alpha value is -0.410. The van der Waals surface area contributed by atoms with Crippen LogP contribution in [0.25, 0.3) is 0 Å². The molecule has 3 unspecified atom stereocenters. The van der Waals surface area contributed by atoms with Crippen LogP contribution in [0.15, 0.2) is 0 Å². The SMILES string of the molecule is CC(C)CC(=O)CC(C)(O)C1CCC(C)O1. The van der Waals surface area contributed by atoms with E-state index >= 15 is 0 Å². The van der Waals surface area contributed by atoms with Crippen LogP contribution in [0.5, 0.6) is 0 Å². The summed E-state index contributed by atoms with van der Waals surface area (Å²) in [4.78, 5) is 11.7. The summed E-state index contributed by atoms with van der Waals surface area (Å²) >= 11 is 0. The van der Waals surface area contributed by atoms with Crippen LogP contribution in [-0.2, 0) is 9.53 Å². The van der Waals surface area contributed by atoms with E-state index in [-0.39, 0.29) is 24.4 Å². The Labute approximate surface area is 98.2 Å². The molecule has 3 nitrogen and oxygen atoms in total. The van der Waals surface area contributed by atoms with Gasteiger partial charge >= 0.3 is 0 Å². The van der Waals surface area contributed by atoms with E-state index in [2.05, 4.69) is 0 Å². The first kappa shape index (κ1) is 13.7. The lowest BCUT2D eigenvalue weighted by Crippen LogP contribution is -2.41. The van der Waals surface area contributed by atoms with Gasteiger partial charge in [-0.2, -0.15) is 0 Å². The summed E-state index contributed by atoms with van der Waals surface area (Å²) in [6.45, 7) is 7.75. The fourth-order valence-corrected chi connectivity index (χ4v) is 2.30. The lowest BCUT2D eigenvalue weighted by Gasteiger charge is -2.29. The highest BCUT2D eigenvalue weighted by Crippen LogP contribution is 2.30. The Morgan fingerprint density at radius 2 is 2.12 bits per heavy atom. The molecule has 0 aromatic carbocycles. The van der Waals surface area contributed by atoms with Gasteiger partial charge in [0.05, 0.1) is 17.8 Å². The van der Waals surface area contributed by atoms with Crippen molar-refractivity contribution in [2.45, 2.75) is 71.2 Å². The van der Waals surface area contributed by atoms with Gasteiger partial charge in [-0.1, -0.05) is 13.8 Å². The number of ether oxygens (including phenoxy) is 1. The molecule has 0 saturated carbocycles. The van der Waals surface area contributed by atoms with Crippen LogP contribution < -0.4 is 0 Å². The molecule has 3 heteroatoms. The van der Waals surface area contributed by atoms with Crippen molar-refractivity contribution < 1.29 is 14.6 Å². The number of carbonyl (C=O) groups excluding carboxylic acids is 1. The maximum Gasteiger partial charge on any atom is 0.136 e. The smallest absolute Gasteiger partial charge is 0.136 e. The molecule has 0 amide bonds. The minimum atomic E-state index is -1.00. The van der Waals surface area contributed by atoms with Gasteiger partial charge in [0.25, 0.3) is 0 Å². The van der Waals surface area contributed by atoms with Crippen LogP contribution in [-0.4, -0.2) is 28.7 Å². The Balaban J connectivity index is 2.47. The minimum Gasteiger partial charge on any atom is -0.387 e. The number of hydrogen-bond donors (Lipinski definition) is 1. The molecule has 1 N–H and O–H groups in total. The summed E-state index contributed by atoms with van der Waals surface area (Å²) in [5.41, 5.74) is -1.00. The standard InChI is InChI=1S/C13H24O3/c1-9(2)7-11(14)8-13(4,15)12-6-5-10(3)16-12/h9-10,12,15H,5-8H2,1-4H3. The first-order valence-corrected chi connectivity index (χ1v) is 6.21. The largest absolute Gasteiger partial charge is 0.387 e. The zero-order chi connectivity index (χ0) is 12.3. The molecule has 0 aliphatic carbocycles. The molecule has 3 atom stereocenters. The van der Waals surface area contributed by atoms with Crippen LogP contribution in [0, 0.1) is 5.92 Å². The third kappa shape index (κ3) is 3.87. The molecule has 16 heavy (non-hydrogen) atoms. The van der Waals surface area contributed by atoms with E-state index in [1.807, 2.05) is 20.8 Å². The van der Waals surface area contributed by atoms with E-state index in [1.165, 1.54) is 0 Å². The molecule has 1 heterocycles. The maximum absolute atomic E-state index is 11.7. The normalized spacial score (nSPS) is 29.4. The zero-order valence-corrected chi connectivity index (χ0v) is 10.8. The molecule has 0 radical (unpaired) electrons. The maximum atomic E-state index is 11.7. The number of hydrogen-bond acceptors (Lipinski definition) is 3. The number of ketones is 1. The van der Waals surface area contributed by atoms with E-state index in [4.69, 9.17) is 4.74 Å². The summed E-state index contributed by atoms with van der Waals surface area (Å²) < 4.78 is 5.63. The van der Waals surface area contributed by atoms with E-state index in [0.29, 0.717) is 12.3 Å². The van der Waals surface area contributed by atoms with Gasteiger partial charge in [0.1, 0.15) is 5.78 Å². The molecular weight excluding hydrogens is 204 g/mol. The van der Waals surface area contributed by atoms with Crippen molar-refractivity contribution in [3.63, 3.8) is 0 Å². The Bertz CT molecular complexity index is 246. The fraction of sp³-hybridized carbons (Fsp3) is 0.923. The highest BCUT2D eigenvalue weighted by molar-refractivity contribution is 5.79. The molecule has 1 aliphatic rings. The number of rotatable bonds is 5.